The Kier molecular flexibility index (Phi) is 49.2. The van der Waals surface area contributed by atoms with Crippen LogP contribution in [0.4, 0.5) is 0 Å². The molecule has 332 valence electrons. The third kappa shape index (κ3) is 48.7. The molecule has 1 unspecified atom stereocenters. The van der Waals surface area contributed by atoms with E-state index in [1.54, 1.807) is 20.8 Å². The van der Waals surface area contributed by atoms with E-state index in [9.17, 15) is 38.7 Å². The second kappa shape index (κ2) is 46.1. The summed E-state index contributed by atoms with van der Waals surface area (Å²) >= 11 is 0. The van der Waals surface area contributed by atoms with Crippen LogP contribution in [0, 0.1) is 0 Å². The number of aliphatic hydroxyl groups is 1. The van der Waals surface area contributed by atoms with Crippen molar-refractivity contribution in [2.75, 3.05) is 39.6 Å². The number of hydrogen-bond donors (Lipinski definition) is 3. The van der Waals surface area contributed by atoms with Gasteiger partial charge >= 0.3 is 29.8 Å². The van der Waals surface area contributed by atoms with Gasteiger partial charge in [-0.15, -0.1) is 0 Å². The molecular formula is C43H70O15. The molecule has 58 heavy (non-hydrogen) atoms. The molecule has 0 amide bonds. The maximum atomic E-state index is 10.4. The molecule has 15 nitrogen and oxygen atoms in total. The Balaban J connectivity index is -0.000000192. The third-order valence-corrected chi connectivity index (χ3v) is 5.93. The molecule has 0 heterocycles. The van der Waals surface area contributed by atoms with E-state index in [1.165, 1.54) is 37.6 Å². The highest BCUT2D eigenvalue weighted by Crippen LogP contribution is 2.25. The summed E-state index contributed by atoms with van der Waals surface area (Å²) in [5.74, 6) is -1.06. The predicted molar refractivity (Wildman–Crippen MR) is 222 cm³/mol. The van der Waals surface area contributed by atoms with Crippen molar-refractivity contribution in [3.8, 4) is 11.5 Å². The van der Waals surface area contributed by atoms with E-state index >= 15 is 0 Å². The van der Waals surface area contributed by atoms with Crippen LogP contribution in [0.15, 0.2) is 48.5 Å². The number of rotatable bonds is 16. The van der Waals surface area contributed by atoms with Gasteiger partial charge in [0.05, 0.1) is 33.0 Å². The van der Waals surface area contributed by atoms with Crippen LogP contribution in [-0.4, -0.2) is 96.9 Å². The fraction of sp³-hybridized carbons (Fsp3) is 0.558. The first-order valence-electron chi connectivity index (χ1n) is 19.3. The number of carboxylic acids is 1. The highest BCUT2D eigenvalue weighted by molar-refractivity contribution is 5.94. The van der Waals surface area contributed by atoms with E-state index < -0.39 is 11.9 Å². The average Bonchev–Trinajstić information content (AvgIpc) is 3.17. The van der Waals surface area contributed by atoms with Crippen LogP contribution in [0.2, 0.25) is 0 Å². The van der Waals surface area contributed by atoms with Gasteiger partial charge in [0.2, 0.25) is 0 Å². The number of ketones is 1. The molecule has 15 heteroatoms. The Hall–Kier alpha value is -5.31. The highest BCUT2D eigenvalue weighted by Gasteiger charge is 2.04. The van der Waals surface area contributed by atoms with Gasteiger partial charge in [-0.05, 0) is 78.1 Å². The number of Topliss-reactive ketones (excluding diaryl/α,β-unsaturated/α-hetero) is 1. The number of esters is 4. The van der Waals surface area contributed by atoms with Gasteiger partial charge in [0.25, 0.3) is 0 Å². The highest BCUT2D eigenvalue weighted by atomic mass is 16.5. The molecule has 1 atom stereocenters. The molecule has 0 aliphatic heterocycles. The van der Waals surface area contributed by atoms with Crippen molar-refractivity contribution in [1.82, 2.24) is 0 Å². The molecule has 0 fully saturated rings. The van der Waals surface area contributed by atoms with Gasteiger partial charge in [-0.1, -0.05) is 58.0 Å². The largest absolute Gasteiger partial charge is 0.504 e. The summed E-state index contributed by atoms with van der Waals surface area (Å²) < 4.78 is 23.3. The number of carbonyl (C=O) groups is 7. The summed E-state index contributed by atoms with van der Waals surface area (Å²) in [6, 6.07) is 14.5. The predicted octanol–water partition coefficient (Wildman–Crippen LogP) is 7.66. The molecular weight excluding hydrogens is 756 g/mol. The third-order valence-electron chi connectivity index (χ3n) is 5.93. The molecule has 0 aromatic heterocycles. The van der Waals surface area contributed by atoms with Crippen LogP contribution in [0.5, 0.6) is 11.5 Å². The van der Waals surface area contributed by atoms with E-state index in [-0.39, 0.29) is 54.8 Å². The molecule has 0 spiro atoms. The monoisotopic (exact) mass is 826 g/mol. The Labute approximate surface area is 345 Å². The lowest BCUT2D eigenvalue weighted by molar-refractivity contribution is -0.146. The maximum Gasteiger partial charge on any atom is 0.313 e. The number of ether oxygens (including phenoxy) is 5. The summed E-state index contributed by atoms with van der Waals surface area (Å²) in [7, 11) is 0. The van der Waals surface area contributed by atoms with E-state index in [4.69, 9.17) is 14.9 Å². The topological polar surface area (TPSA) is 226 Å². The molecule has 0 saturated heterocycles. The molecule has 2 aromatic carbocycles. The lowest BCUT2D eigenvalue weighted by Crippen LogP contribution is -2.07. The molecule has 0 bridgehead atoms. The Morgan fingerprint density at radius 1 is 0.672 bits per heavy atom. The SMILES string of the molecule is CC(CO)c1ccccc1.CCC(=O)O.CCCC(=O)OCC.CCCC(=O)OCC.CCOC(=O)CC(C)=O.CCOC(C)=O.CCOc1cc(C=O)ccc1O. The van der Waals surface area contributed by atoms with E-state index in [1.807, 2.05) is 71.9 Å². The summed E-state index contributed by atoms with van der Waals surface area (Å²) in [6.45, 7) is 21.7. The minimum absolute atomic E-state index is 0.0578. The minimum atomic E-state index is -0.745. The zero-order valence-corrected chi connectivity index (χ0v) is 36.5. The molecule has 0 aliphatic carbocycles. The zero-order valence-electron chi connectivity index (χ0n) is 36.5. The zero-order chi connectivity index (χ0) is 45.7. The van der Waals surface area contributed by atoms with Crippen LogP contribution in [0.25, 0.3) is 0 Å². The number of phenols is 1. The van der Waals surface area contributed by atoms with Gasteiger partial charge in [-0.25, -0.2) is 0 Å². The number of aldehydes is 1. The van der Waals surface area contributed by atoms with Crippen LogP contribution in [0.3, 0.4) is 0 Å². The summed E-state index contributed by atoms with van der Waals surface area (Å²) in [5, 5.41) is 25.7. The Bertz CT molecular complexity index is 1310. The lowest BCUT2D eigenvalue weighted by atomic mass is 10.0. The van der Waals surface area contributed by atoms with Crippen LogP contribution in [-0.2, 0) is 47.7 Å². The summed E-state index contributed by atoms with van der Waals surface area (Å²) in [5.41, 5.74) is 1.70. The number of aliphatic hydroxyl groups excluding tert-OH is 1. The molecule has 3 N–H and O–H groups in total. The smallest absolute Gasteiger partial charge is 0.313 e. The van der Waals surface area contributed by atoms with E-state index in [0.29, 0.717) is 63.5 Å². The first-order chi connectivity index (χ1) is 27.4. The van der Waals surface area contributed by atoms with Crippen molar-refractivity contribution < 1.29 is 72.6 Å². The van der Waals surface area contributed by atoms with E-state index in [0.717, 1.165) is 12.8 Å². The second-order valence-electron chi connectivity index (χ2n) is 11.2. The van der Waals surface area contributed by atoms with Crippen LogP contribution >= 0.6 is 0 Å². The lowest BCUT2D eigenvalue weighted by Gasteiger charge is -2.05. The van der Waals surface area contributed by atoms with Gasteiger partial charge in [0.1, 0.15) is 18.5 Å². The van der Waals surface area contributed by atoms with Gasteiger partial charge in [-0.2, -0.15) is 0 Å². The van der Waals surface area contributed by atoms with Gasteiger partial charge in [0, 0.05) is 44.3 Å². The van der Waals surface area contributed by atoms with Crippen LogP contribution in [0.1, 0.15) is 137 Å². The number of carboxylic acid groups (broad SMARTS) is 1. The number of aliphatic carboxylic acids is 1. The first-order valence-corrected chi connectivity index (χ1v) is 19.3. The van der Waals surface area contributed by atoms with Gasteiger partial charge in [0.15, 0.2) is 11.5 Å². The molecule has 2 aromatic rings. The Morgan fingerprint density at radius 3 is 1.43 bits per heavy atom. The van der Waals surface area contributed by atoms with Crippen molar-refractivity contribution >= 4 is 41.9 Å². The van der Waals surface area contributed by atoms with Crippen molar-refractivity contribution in [3.05, 3.63) is 59.7 Å². The normalized spacial score (nSPS) is 9.38. The number of phenolic OH excluding ortho intramolecular Hbond substituents is 1. The number of carbonyl (C=O) groups excluding carboxylic acids is 6. The van der Waals surface area contributed by atoms with Crippen molar-refractivity contribution in [3.63, 3.8) is 0 Å². The Morgan fingerprint density at radius 2 is 1.12 bits per heavy atom. The molecule has 0 saturated carbocycles. The number of benzene rings is 2. The fourth-order valence-corrected chi connectivity index (χ4v) is 3.26. The minimum Gasteiger partial charge on any atom is -0.504 e. The van der Waals surface area contributed by atoms with Crippen LogP contribution < -0.4 is 4.74 Å². The second-order valence-corrected chi connectivity index (χ2v) is 11.2. The van der Waals surface area contributed by atoms with Crippen molar-refractivity contribution in [2.45, 2.75) is 121 Å². The van der Waals surface area contributed by atoms with Gasteiger partial charge in [-0.3, -0.25) is 33.6 Å². The number of hydrogen-bond acceptors (Lipinski definition) is 14. The van der Waals surface area contributed by atoms with E-state index in [2.05, 4.69) is 18.9 Å². The maximum absolute atomic E-state index is 10.4. The first kappa shape index (κ1) is 61.9. The standard InChI is InChI=1S/C9H10O3.C9H12O.C6H10O3.2C6H12O2.C4H8O2.C3H6O2/c1-2-12-9-5-7(6-10)3-4-8(9)11;1-8(7-10)9-5-3-2-4-6-9;1-3-9-6(8)4-5(2)7;2*1-3-5-6(7)8-4-2;1-3-6-4(2)5;1-2-3(4)5/h3-6,11H,2H2,1H3;2-6,8,10H,7H2,1H3;3-4H2,1-2H3;2*3-5H2,1-2H3;3H2,1-2H3;2H2,1H3,(H,4,5). The van der Waals surface area contributed by atoms with Gasteiger partial charge < -0.3 is 39.0 Å². The van der Waals surface area contributed by atoms with Crippen molar-refractivity contribution in [2.24, 2.45) is 0 Å². The van der Waals surface area contributed by atoms with Crippen molar-refractivity contribution in [1.29, 1.82) is 0 Å². The number of aromatic hydroxyl groups is 1. The molecule has 2 rings (SSSR count). The molecule has 0 radical (unpaired) electrons. The average molecular weight is 827 g/mol. The fourth-order valence-electron chi connectivity index (χ4n) is 3.26. The summed E-state index contributed by atoms with van der Waals surface area (Å²) in [6.07, 6.45) is 3.68. The summed E-state index contributed by atoms with van der Waals surface area (Å²) in [4.78, 5) is 71.0. The molecule has 0 aliphatic rings. The quantitative estimate of drug-likeness (QED) is 0.0639.